The predicted molar refractivity (Wildman–Crippen MR) is 132 cm³/mol. The standard InChI is InChI=1S/C25H34ClN3O2S/c1-3-21(30)13-19(25(31)29-22(15-27)17-8-5-4-6-9-17)14-23-28-16(2)24(32-23)18-10-7-11-20(26)12-18/h7,10-12,17,19,22H,3-6,8-9,13-15,27H2,1-2H3,(H,29,31)/t19-,22+/m0/s1. The monoisotopic (exact) mass is 475 g/mol. The molecule has 5 nitrogen and oxygen atoms in total. The fraction of sp³-hybridized carbons (Fsp3) is 0.560. The number of nitrogens with zero attached hydrogens (tertiary/aromatic N) is 1. The second-order valence-electron chi connectivity index (χ2n) is 8.78. The van der Waals surface area contributed by atoms with Crippen LogP contribution in [-0.2, 0) is 16.0 Å². The van der Waals surface area contributed by atoms with E-state index in [0.29, 0.717) is 30.3 Å². The van der Waals surface area contributed by atoms with Gasteiger partial charge in [0.15, 0.2) is 0 Å². The average Bonchev–Trinajstić information content (AvgIpc) is 3.17. The zero-order chi connectivity index (χ0) is 23.1. The van der Waals surface area contributed by atoms with E-state index in [2.05, 4.69) is 5.32 Å². The van der Waals surface area contributed by atoms with Crippen LogP contribution in [0.5, 0.6) is 0 Å². The molecule has 0 bridgehead atoms. The second-order valence-corrected chi connectivity index (χ2v) is 10.3. The Bertz CT molecular complexity index is 924. The average molecular weight is 476 g/mol. The third-order valence-corrected chi connectivity index (χ3v) is 7.85. The van der Waals surface area contributed by atoms with E-state index >= 15 is 0 Å². The van der Waals surface area contributed by atoms with Crippen LogP contribution in [0.1, 0.15) is 62.6 Å². The van der Waals surface area contributed by atoms with Crippen molar-refractivity contribution in [1.29, 1.82) is 0 Å². The maximum atomic E-state index is 13.3. The lowest BCUT2D eigenvalue weighted by atomic mass is 9.83. The Kier molecular flexibility index (Phi) is 9.26. The highest BCUT2D eigenvalue weighted by Gasteiger charge is 2.29. The summed E-state index contributed by atoms with van der Waals surface area (Å²) in [5.74, 6) is 0.00931. The van der Waals surface area contributed by atoms with Gasteiger partial charge in [0.1, 0.15) is 5.78 Å². The molecule has 0 spiro atoms. The molecule has 1 fully saturated rings. The van der Waals surface area contributed by atoms with Crippen molar-refractivity contribution in [2.45, 2.75) is 71.3 Å². The Balaban J connectivity index is 1.76. The van der Waals surface area contributed by atoms with Gasteiger partial charge < -0.3 is 11.1 Å². The normalized spacial score (nSPS) is 16.5. The Morgan fingerprint density at radius 1 is 1.28 bits per heavy atom. The van der Waals surface area contributed by atoms with Gasteiger partial charge in [0.05, 0.1) is 21.5 Å². The van der Waals surface area contributed by atoms with Gasteiger partial charge in [-0.1, -0.05) is 49.9 Å². The molecule has 7 heteroatoms. The van der Waals surface area contributed by atoms with Gasteiger partial charge in [0.2, 0.25) is 5.91 Å². The smallest absolute Gasteiger partial charge is 0.224 e. The number of carbonyl (C=O) groups is 2. The first kappa shape index (κ1) is 24.9. The van der Waals surface area contributed by atoms with E-state index in [4.69, 9.17) is 22.3 Å². The number of hydrogen-bond donors (Lipinski definition) is 2. The number of Topliss-reactive ketones (excluding diaryl/α,β-unsaturated/α-hetero) is 1. The van der Waals surface area contributed by atoms with Crippen LogP contribution in [-0.4, -0.2) is 29.3 Å². The van der Waals surface area contributed by atoms with E-state index < -0.39 is 5.92 Å². The van der Waals surface area contributed by atoms with E-state index in [1.165, 1.54) is 19.3 Å². The molecule has 1 heterocycles. The molecule has 2 aromatic rings. The summed E-state index contributed by atoms with van der Waals surface area (Å²) in [7, 11) is 0. The molecule has 2 atom stereocenters. The number of halogens is 1. The van der Waals surface area contributed by atoms with Gasteiger partial charge in [0.25, 0.3) is 0 Å². The lowest BCUT2D eigenvalue weighted by molar-refractivity contribution is -0.130. The van der Waals surface area contributed by atoms with E-state index in [-0.39, 0.29) is 24.2 Å². The number of aryl methyl sites for hydroxylation is 1. The van der Waals surface area contributed by atoms with Crippen LogP contribution >= 0.6 is 22.9 Å². The van der Waals surface area contributed by atoms with Crippen molar-refractivity contribution in [2.75, 3.05) is 6.54 Å². The molecule has 1 aromatic carbocycles. The van der Waals surface area contributed by atoms with E-state index in [1.807, 2.05) is 38.1 Å². The molecule has 1 saturated carbocycles. The van der Waals surface area contributed by atoms with E-state index in [0.717, 1.165) is 34.0 Å². The highest BCUT2D eigenvalue weighted by Crippen LogP contribution is 2.33. The Labute approximate surface area is 200 Å². The number of amides is 1. The summed E-state index contributed by atoms with van der Waals surface area (Å²) < 4.78 is 0. The van der Waals surface area contributed by atoms with Crippen LogP contribution < -0.4 is 11.1 Å². The zero-order valence-electron chi connectivity index (χ0n) is 19.0. The second kappa shape index (κ2) is 11.9. The van der Waals surface area contributed by atoms with Crippen LogP contribution in [0.3, 0.4) is 0 Å². The highest BCUT2D eigenvalue weighted by molar-refractivity contribution is 7.15. The molecule has 0 aliphatic heterocycles. The van der Waals surface area contributed by atoms with Crippen LogP contribution in [0.2, 0.25) is 5.02 Å². The maximum absolute atomic E-state index is 13.3. The van der Waals surface area contributed by atoms with Crippen LogP contribution in [0, 0.1) is 18.8 Å². The molecule has 0 unspecified atom stereocenters. The minimum absolute atomic E-state index is 0.0259. The van der Waals surface area contributed by atoms with Gasteiger partial charge in [0, 0.05) is 36.9 Å². The predicted octanol–water partition coefficient (Wildman–Crippen LogP) is 5.32. The number of rotatable bonds is 10. The van der Waals surface area contributed by atoms with Crippen molar-refractivity contribution in [3.63, 3.8) is 0 Å². The first-order chi connectivity index (χ1) is 15.4. The van der Waals surface area contributed by atoms with Crippen LogP contribution in [0.15, 0.2) is 24.3 Å². The molecule has 0 saturated heterocycles. The zero-order valence-corrected chi connectivity index (χ0v) is 20.6. The summed E-state index contributed by atoms with van der Waals surface area (Å²) in [6.45, 7) is 4.24. The molecule has 1 aliphatic carbocycles. The molecule has 3 N–H and O–H groups in total. The number of carbonyl (C=O) groups excluding carboxylic acids is 2. The van der Waals surface area contributed by atoms with Gasteiger partial charge in [-0.15, -0.1) is 11.3 Å². The van der Waals surface area contributed by atoms with Crippen LogP contribution in [0.4, 0.5) is 0 Å². The van der Waals surface area contributed by atoms with Gasteiger partial charge in [-0.3, -0.25) is 9.59 Å². The minimum atomic E-state index is -0.433. The number of nitrogens with one attached hydrogen (secondary N) is 1. The number of thiazole rings is 1. The van der Waals surface area contributed by atoms with E-state index in [9.17, 15) is 9.59 Å². The van der Waals surface area contributed by atoms with Crippen molar-refractivity contribution >= 4 is 34.6 Å². The third kappa shape index (κ3) is 6.63. The van der Waals surface area contributed by atoms with Crippen LogP contribution in [0.25, 0.3) is 10.4 Å². The summed E-state index contributed by atoms with van der Waals surface area (Å²) >= 11 is 7.73. The molecule has 32 heavy (non-hydrogen) atoms. The fourth-order valence-electron chi connectivity index (χ4n) is 4.53. The fourth-order valence-corrected chi connectivity index (χ4v) is 5.86. The molecule has 1 amide bonds. The maximum Gasteiger partial charge on any atom is 0.224 e. The number of hydrogen-bond acceptors (Lipinski definition) is 5. The van der Waals surface area contributed by atoms with E-state index in [1.54, 1.807) is 11.3 Å². The van der Waals surface area contributed by atoms with Gasteiger partial charge in [-0.2, -0.15) is 0 Å². The molecule has 1 aliphatic rings. The third-order valence-electron chi connectivity index (χ3n) is 6.39. The largest absolute Gasteiger partial charge is 0.352 e. The summed E-state index contributed by atoms with van der Waals surface area (Å²) in [5.41, 5.74) is 7.96. The lowest BCUT2D eigenvalue weighted by Gasteiger charge is -2.31. The van der Waals surface area contributed by atoms with Gasteiger partial charge in [-0.25, -0.2) is 4.98 Å². The Hall–Kier alpha value is -1.76. The molecule has 1 aromatic heterocycles. The first-order valence-corrected chi connectivity index (χ1v) is 12.8. The Morgan fingerprint density at radius 3 is 2.69 bits per heavy atom. The molecular formula is C25H34ClN3O2S. The van der Waals surface area contributed by atoms with Crippen molar-refractivity contribution in [2.24, 2.45) is 17.6 Å². The highest BCUT2D eigenvalue weighted by atomic mass is 35.5. The van der Waals surface area contributed by atoms with Crippen molar-refractivity contribution < 1.29 is 9.59 Å². The van der Waals surface area contributed by atoms with Crippen molar-refractivity contribution in [1.82, 2.24) is 10.3 Å². The SMILES string of the molecule is CCC(=O)C[C@@H](Cc1nc(C)c(-c2cccc(Cl)c2)s1)C(=O)N[C@H](CN)C1CCCCC1. The molecule has 0 radical (unpaired) electrons. The number of benzene rings is 1. The van der Waals surface area contributed by atoms with Crippen molar-refractivity contribution in [3.05, 3.63) is 40.0 Å². The van der Waals surface area contributed by atoms with Gasteiger partial charge in [-0.05, 0) is 43.4 Å². The molecule has 174 valence electrons. The summed E-state index contributed by atoms with van der Waals surface area (Å²) in [5, 5.41) is 4.73. The molecular weight excluding hydrogens is 442 g/mol. The summed E-state index contributed by atoms with van der Waals surface area (Å²) in [6, 6.07) is 7.68. The Morgan fingerprint density at radius 2 is 2.03 bits per heavy atom. The molecule has 3 rings (SSSR count). The number of ketones is 1. The first-order valence-electron chi connectivity index (χ1n) is 11.7. The summed E-state index contributed by atoms with van der Waals surface area (Å²) in [6.07, 6.45) is 6.97. The topological polar surface area (TPSA) is 85.1 Å². The number of aromatic nitrogens is 1. The summed E-state index contributed by atoms with van der Waals surface area (Å²) in [4.78, 5) is 31.3. The minimum Gasteiger partial charge on any atom is -0.352 e. The number of nitrogens with two attached hydrogens (primary N) is 1. The lowest BCUT2D eigenvalue weighted by Crippen LogP contribution is -2.48. The quantitative estimate of drug-likeness (QED) is 0.486. The van der Waals surface area contributed by atoms with Crippen molar-refractivity contribution in [3.8, 4) is 10.4 Å². The van der Waals surface area contributed by atoms with Gasteiger partial charge >= 0.3 is 0 Å².